The van der Waals surface area contributed by atoms with Gasteiger partial charge < -0.3 is 9.80 Å². The Hall–Kier alpha value is -4.11. The molecule has 8 nitrogen and oxygen atoms in total. The van der Waals surface area contributed by atoms with E-state index in [-0.39, 0.29) is 16.8 Å². The van der Waals surface area contributed by atoms with Crippen molar-refractivity contribution in [3.8, 4) is 11.3 Å². The molecule has 170 valence electrons. The Morgan fingerprint density at radius 2 is 1.50 bits per heavy atom. The van der Waals surface area contributed by atoms with Crippen molar-refractivity contribution in [1.82, 2.24) is 14.8 Å². The maximum Gasteiger partial charge on any atom is 0.324 e. The molecular formula is C25H20N4O4S. The van der Waals surface area contributed by atoms with Crippen LogP contribution in [0.3, 0.4) is 0 Å². The van der Waals surface area contributed by atoms with E-state index in [1.54, 1.807) is 9.80 Å². The molecule has 2 aromatic heterocycles. The molecule has 1 aliphatic rings. The molecule has 2 aromatic carbocycles. The average Bonchev–Trinajstić information content (AvgIpc) is 3.39. The van der Waals surface area contributed by atoms with E-state index >= 15 is 0 Å². The van der Waals surface area contributed by atoms with Crippen LogP contribution in [0, 0.1) is 10.1 Å². The first-order valence-corrected chi connectivity index (χ1v) is 11.6. The van der Waals surface area contributed by atoms with E-state index in [9.17, 15) is 19.7 Å². The molecular weight excluding hydrogens is 452 g/mol. The molecule has 0 N–H and O–H groups in total. The molecule has 1 fully saturated rings. The highest BCUT2D eigenvalue weighted by atomic mass is 32.1. The van der Waals surface area contributed by atoms with Gasteiger partial charge in [-0.15, -0.1) is 0 Å². The molecule has 9 heteroatoms. The lowest BCUT2D eigenvalue weighted by atomic mass is 10.0. The fourth-order valence-electron chi connectivity index (χ4n) is 4.09. The van der Waals surface area contributed by atoms with Gasteiger partial charge in [-0.3, -0.25) is 19.7 Å². The number of nitrogens with zero attached hydrogens (tertiary/aromatic N) is 4. The molecule has 0 aliphatic carbocycles. The molecule has 0 saturated carbocycles. The number of carbonyl (C=O) groups excluding carboxylic acids is 2. The molecule has 4 aromatic rings. The fourth-order valence-corrected chi connectivity index (χ4v) is 4.88. The Kier molecular flexibility index (Phi) is 5.77. The second-order valence-corrected chi connectivity index (χ2v) is 8.98. The minimum Gasteiger partial charge on any atom is -0.335 e. The van der Waals surface area contributed by atoms with Crippen LogP contribution < -0.4 is 0 Å². The average molecular weight is 473 g/mol. The van der Waals surface area contributed by atoms with Crippen molar-refractivity contribution in [3.63, 3.8) is 0 Å². The SMILES string of the molecule is O=C(c1ccc([N+](=O)[O-])s1)N1CCN(C(=O)c2cc(-c3ccccc3)nc3ccccc23)CC1. The van der Waals surface area contributed by atoms with Gasteiger partial charge in [0.2, 0.25) is 0 Å². The molecule has 1 aliphatic heterocycles. The van der Waals surface area contributed by atoms with E-state index in [1.807, 2.05) is 60.7 Å². The van der Waals surface area contributed by atoms with Crippen LogP contribution in [-0.2, 0) is 0 Å². The van der Waals surface area contributed by atoms with Crippen molar-refractivity contribution in [2.24, 2.45) is 0 Å². The van der Waals surface area contributed by atoms with Gasteiger partial charge in [-0.05, 0) is 18.2 Å². The summed E-state index contributed by atoms with van der Waals surface area (Å²) < 4.78 is 0. The predicted molar refractivity (Wildman–Crippen MR) is 130 cm³/mol. The highest BCUT2D eigenvalue weighted by Gasteiger charge is 2.28. The second-order valence-electron chi connectivity index (χ2n) is 7.92. The number of thiophene rings is 1. The summed E-state index contributed by atoms with van der Waals surface area (Å²) in [7, 11) is 0. The van der Waals surface area contributed by atoms with Crippen LogP contribution in [0.2, 0.25) is 0 Å². The van der Waals surface area contributed by atoms with Gasteiger partial charge >= 0.3 is 5.00 Å². The topological polar surface area (TPSA) is 96.6 Å². The van der Waals surface area contributed by atoms with Crippen molar-refractivity contribution in [3.05, 3.63) is 93.4 Å². The number of hydrogen-bond donors (Lipinski definition) is 0. The number of nitro groups is 1. The van der Waals surface area contributed by atoms with Crippen LogP contribution in [-0.4, -0.2) is 57.7 Å². The van der Waals surface area contributed by atoms with E-state index in [4.69, 9.17) is 4.98 Å². The molecule has 3 heterocycles. The largest absolute Gasteiger partial charge is 0.335 e. The summed E-state index contributed by atoms with van der Waals surface area (Å²) in [6.45, 7) is 1.50. The molecule has 0 radical (unpaired) electrons. The van der Waals surface area contributed by atoms with E-state index in [0.29, 0.717) is 36.6 Å². The summed E-state index contributed by atoms with van der Waals surface area (Å²) in [5.74, 6) is -0.347. The monoisotopic (exact) mass is 472 g/mol. The van der Waals surface area contributed by atoms with Crippen LogP contribution in [0.25, 0.3) is 22.2 Å². The number of benzene rings is 2. The van der Waals surface area contributed by atoms with Gasteiger partial charge in [-0.25, -0.2) is 4.98 Å². The number of pyridine rings is 1. The molecule has 1 saturated heterocycles. The zero-order chi connectivity index (χ0) is 23.7. The van der Waals surface area contributed by atoms with Gasteiger partial charge in [0, 0.05) is 43.2 Å². The van der Waals surface area contributed by atoms with Crippen LogP contribution in [0.15, 0.2) is 72.8 Å². The van der Waals surface area contributed by atoms with Crippen molar-refractivity contribution in [2.75, 3.05) is 26.2 Å². The normalized spacial score (nSPS) is 13.8. The zero-order valence-corrected chi connectivity index (χ0v) is 18.9. The van der Waals surface area contributed by atoms with Crippen molar-refractivity contribution >= 4 is 39.1 Å². The van der Waals surface area contributed by atoms with Crippen LogP contribution in [0.4, 0.5) is 5.00 Å². The first-order valence-electron chi connectivity index (χ1n) is 10.8. The number of aromatic nitrogens is 1. The molecule has 0 spiro atoms. The Morgan fingerprint density at radius 1 is 0.853 bits per heavy atom. The van der Waals surface area contributed by atoms with E-state index < -0.39 is 4.92 Å². The minimum atomic E-state index is -0.499. The molecule has 0 unspecified atom stereocenters. The Balaban J connectivity index is 1.37. The van der Waals surface area contributed by atoms with E-state index in [0.717, 1.165) is 33.5 Å². The molecule has 5 rings (SSSR count). The molecule has 34 heavy (non-hydrogen) atoms. The smallest absolute Gasteiger partial charge is 0.324 e. The van der Waals surface area contributed by atoms with E-state index in [2.05, 4.69) is 0 Å². The Bertz CT molecular complexity index is 1390. The molecule has 0 atom stereocenters. The summed E-state index contributed by atoms with van der Waals surface area (Å²) in [6, 6.07) is 22.0. The third-order valence-corrected chi connectivity index (χ3v) is 6.88. The van der Waals surface area contributed by atoms with Crippen LogP contribution in [0.5, 0.6) is 0 Å². The second kappa shape index (κ2) is 9.03. The maximum atomic E-state index is 13.5. The van der Waals surface area contributed by atoms with Gasteiger partial charge in [0.15, 0.2) is 0 Å². The lowest BCUT2D eigenvalue weighted by Crippen LogP contribution is -2.50. The molecule has 0 bridgehead atoms. The van der Waals surface area contributed by atoms with Crippen LogP contribution >= 0.6 is 11.3 Å². The Labute approximate surface area is 199 Å². The lowest BCUT2D eigenvalue weighted by Gasteiger charge is -2.34. The third-order valence-electron chi connectivity index (χ3n) is 5.85. The molecule has 2 amide bonds. The fraction of sp³-hybridized carbons (Fsp3) is 0.160. The first kappa shape index (κ1) is 21.7. The number of amides is 2. The Morgan fingerprint density at radius 3 is 2.18 bits per heavy atom. The maximum absolute atomic E-state index is 13.5. The predicted octanol–water partition coefficient (Wildman–Crippen LogP) is 4.47. The number of fused-ring (bicyclic) bond motifs is 1. The van der Waals surface area contributed by atoms with Crippen molar-refractivity contribution in [2.45, 2.75) is 0 Å². The van der Waals surface area contributed by atoms with Crippen LogP contribution in [0.1, 0.15) is 20.0 Å². The summed E-state index contributed by atoms with van der Waals surface area (Å²) in [4.78, 5) is 45.2. The van der Waals surface area contributed by atoms with Crippen molar-refractivity contribution in [1.29, 1.82) is 0 Å². The number of para-hydroxylation sites is 1. The highest BCUT2D eigenvalue weighted by Crippen LogP contribution is 2.27. The lowest BCUT2D eigenvalue weighted by molar-refractivity contribution is -0.380. The minimum absolute atomic E-state index is 0.0593. The third kappa shape index (κ3) is 4.13. The number of piperazine rings is 1. The van der Waals surface area contributed by atoms with Gasteiger partial charge in [-0.2, -0.15) is 0 Å². The van der Waals surface area contributed by atoms with Gasteiger partial charge in [-0.1, -0.05) is 59.9 Å². The zero-order valence-electron chi connectivity index (χ0n) is 18.1. The van der Waals surface area contributed by atoms with Gasteiger partial charge in [0.05, 0.1) is 26.6 Å². The van der Waals surface area contributed by atoms with E-state index in [1.165, 1.54) is 12.1 Å². The highest BCUT2D eigenvalue weighted by molar-refractivity contribution is 7.17. The van der Waals surface area contributed by atoms with Gasteiger partial charge in [0.25, 0.3) is 11.8 Å². The van der Waals surface area contributed by atoms with Gasteiger partial charge in [0.1, 0.15) is 0 Å². The number of rotatable bonds is 4. The summed E-state index contributed by atoms with van der Waals surface area (Å²) >= 11 is 0.870. The standard InChI is InChI=1S/C25H20N4O4S/c30-24(27-12-14-28(15-13-27)25(31)22-10-11-23(34-22)29(32)33)19-16-21(17-6-2-1-3-7-17)26-20-9-5-4-8-18(19)20/h1-11,16H,12-15H2. The number of hydrogen-bond acceptors (Lipinski definition) is 6. The summed E-state index contributed by atoms with van der Waals surface area (Å²) in [6.07, 6.45) is 0. The summed E-state index contributed by atoms with van der Waals surface area (Å²) in [5, 5.41) is 11.6. The summed E-state index contributed by atoms with van der Waals surface area (Å²) in [5.41, 5.74) is 3.00. The first-order chi connectivity index (χ1) is 16.5. The van der Waals surface area contributed by atoms with Crippen molar-refractivity contribution < 1.29 is 14.5 Å². The number of carbonyl (C=O) groups is 2. The quantitative estimate of drug-likeness (QED) is 0.323.